The molecule has 1 aliphatic rings. The van der Waals surface area contributed by atoms with E-state index in [2.05, 4.69) is 5.32 Å². The van der Waals surface area contributed by atoms with Crippen molar-refractivity contribution in [2.45, 2.75) is 6.42 Å². The minimum atomic E-state index is -0.0309. The van der Waals surface area contributed by atoms with Gasteiger partial charge in [0.25, 0.3) is 5.91 Å². The number of hydrogen-bond donors (Lipinski definition) is 2. The average Bonchev–Trinajstić information content (AvgIpc) is 2.35. The molecule has 0 aliphatic carbocycles. The largest absolute Gasteiger partial charge is 0.482 e. The molecule has 5 heteroatoms. The van der Waals surface area contributed by atoms with Gasteiger partial charge in [-0.15, -0.1) is 0 Å². The lowest BCUT2D eigenvalue weighted by Gasteiger charge is -2.26. The van der Waals surface area contributed by atoms with Crippen molar-refractivity contribution >= 4 is 17.3 Å². The van der Waals surface area contributed by atoms with Crippen LogP contribution in [-0.4, -0.2) is 32.7 Å². The molecule has 0 atom stereocenters. The van der Waals surface area contributed by atoms with Crippen LogP contribution in [0.4, 0.5) is 11.4 Å². The molecule has 92 valence electrons. The quantitative estimate of drug-likeness (QED) is 0.758. The number of amides is 1. The number of benzene rings is 1. The van der Waals surface area contributed by atoms with Crippen molar-refractivity contribution in [1.82, 2.24) is 0 Å². The van der Waals surface area contributed by atoms with Crippen LogP contribution >= 0.6 is 0 Å². The van der Waals surface area contributed by atoms with Gasteiger partial charge >= 0.3 is 0 Å². The number of carbonyl (C=O) groups is 1. The van der Waals surface area contributed by atoms with E-state index in [4.69, 9.17) is 10.5 Å². The van der Waals surface area contributed by atoms with Crippen LogP contribution in [0.1, 0.15) is 6.42 Å². The number of nitrogens with two attached hydrogens (primary N) is 1. The summed E-state index contributed by atoms with van der Waals surface area (Å²) in [6, 6.07) is 5.74. The van der Waals surface area contributed by atoms with Gasteiger partial charge in [-0.2, -0.15) is 0 Å². The fourth-order valence-corrected chi connectivity index (χ4v) is 1.72. The first-order valence-electron chi connectivity index (χ1n) is 5.69. The van der Waals surface area contributed by atoms with Crippen molar-refractivity contribution in [2.75, 3.05) is 37.0 Å². The van der Waals surface area contributed by atoms with Gasteiger partial charge in [0.1, 0.15) is 5.75 Å². The molecule has 1 heterocycles. The van der Waals surface area contributed by atoms with E-state index < -0.39 is 0 Å². The van der Waals surface area contributed by atoms with E-state index in [0.717, 1.165) is 30.1 Å². The Morgan fingerprint density at radius 1 is 1.53 bits per heavy atom. The van der Waals surface area contributed by atoms with Gasteiger partial charge in [-0.3, -0.25) is 4.79 Å². The molecule has 1 aromatic carbocycles. The molecule has 0 bridgehead atoms. The number of carbonyl (C=O) groups excluding carboxylic acids is 1. The minimum absolute atomic E-state index is 0.0309. The van der Waals surface area contributed by atoms with E-state index in [1.807, 2.05) is 18.2 Å². The number of fused-ring (bicyclic) bond motifs is 1. The zero-order chi connectivity index (χ0) is 12.3. The zero-order valence-corrected chi connectivity index (χ0v) is 9.90. The Morgan fingerprint density at radius 3 is 3.12 bits per heavy atom. The topological polar surface area (TPSA) is 67.6 Å². The molecule has 0 saturated heterocycles. The lowest BCUT2D eigenvalue weighted by molar-refractivity contribution is -0.120. The molecular weight excluding hydrogens is 218 g/mol. The number of nitrogens with one attached hydrogen (secondary N) is 1. The second-order valence-corrected chi connectivity index (χ2v) is 3.99. The summed E-state index contributed by atoms with van der Waals surface area (Å²) in [5.74, 6) is 0.716. The molecule has 1 aromatic rings. The number of rotatable bonds is 4. The maximum absolute atomic E-state index is 11.5. The van der Waals surface area contributed by atoms with Crippen molar-refractivity contribution in [3.05, 3.63) is 18.2 Å². The van der Waals surface area contributed by atoms with Crippen LogP contribution in [0.25, 0.3) is 0 Å². The highest BCUT2D eigenvalue weighted by atomic mass is 16.5. The molecule has 1 aliphatic heterocycles. The Kier molecular flexibility index (Phi) is 3.49. The SMILES string of the molecule is CN1C(=O)COc2ccc(NCCCN)cc21. The molecule has 2 rings (SSSR count). The Morgan fingerprint density at radius 2 is 2.35 bits per heavy atom. The van der Waals surface area contributed by atoms with Gasteiger partial charge in [0, 0.05) is 19.3 Å². The Labute approximate surface area is 101 Å². The highest BCUT2D eigenvalue weighted by Crippen LogP contribution is 2.33. The van der Waals surface area contributed by atoms with Crippen LogP contribution in [0.15, 0.2) is 18.2 Å². The number of hydrogen-bond acceptors (Lipinski definition) is 4. The van der Waals surface area contributed by atoms with Crippen LogP contribution in [0.2, 0.25) is 0 Å². The third kappa shape index (κ3) is 2.50. The van der Waals surface area contributed by atoms with Crippen molar-refractivity contribution in [3.63, 3.8) is 0 Å². The van der Waals surface area contributed by atoms with Crippen LogP contribution in [0.5, 0.6) is 5.75 Å². The molecule has 0 radical (unpaired) electrons. The van der Waals surface area contributed by atoms with E-state index in [9.17, 15) is 4.79 Å². The predicted molar refractivity (Wildman–Crippen MR) is 67.5 cm³/mol. The summed E-state index contributed by atoms with van der Waals surface area (Å²) in [7, 11) is 1.76. The molecule has 0 aromatic heterocycles. The standard InChI is InChI=1S/C12H17N3O2/c1-15-10-7-9(14-6-2-5-13)3-4-11(10)17-8-12(15)16/h3-4,7,14H,2,5-6,8,13H2,1H3. The summed E-state index contributed by atoms with van der Waals surface area (Å²) in [5, 5.41) is 3.26. The van der Waals surface area contributed by atoms with Crippen LogP contribution in [0.3, 0.4) is 0 Å². The molecular formula is C12H17N3O2. The second-order valence-electron chi connectivity index (χ2n) is 3.99. The fraction of sp³-hybridized carbons (Fsp3) is 0.417. The molecule has 0 spiro atoms. The number of nitrogens with zero attached hydrogens (tertiary/aromatic N) is 1. The van der Waals surface area contributed by atoms with E-state index in [-0.39, 0.29) is 12.5 Å². The molecule has 0 saturated carbocycles. The molecule has 0 fully saturated rings. The summed E-state index contributed by atoms with van der Waals surface area (Å²) < 4.78 is 5.35. The predicted octanol–water partition coefficient (Wildman–Crippen LogP) is 0.802. The van der Waals surface area contributed by atoms with Crippen molar-refractivity contribution < 1.29 is 9.53 Å². The van der Waals surface area contributed by atoms with Crippen molar-refractivity contribution in [1.29, 1.82) is 0 Å². The fourth-order valence-electron chi connectivity index (χ4n) is 1.72. The highest BCUT2D eigenvalue weighted by molar-refractivity contribution is 5.97. The van der Waals surface area contributed by atoms with Crippen molar-refractivity contribution in [3.8, 4) is 5.75 Å². The van der Waals surface area contributed by atoms with Gasteiger partial charge < -0.3 is 20.7 Å². The summed E-state index contributed by atoms with van der Waals surface area (Å²) in [5.41, 5.74) is 7.21. The van der Waals surface area contributed by atoms with Gasteiger partial charge in [-0.1, -0.05) is 0 Å². The lowest BCUT2D eigenvalue weighted by Crippen LogP contribution is -2.35. The maximum atomic E-state index is 11.5. The second kappa shape index (κ2) is 5.05. The summed E-state index contributed by atoms with van der Waals surface area (Å²) in [6.07, 6.45) is 0.919. The van der Waals surface area contributed by atoms with Crippen LogP contribution in [0, 0.1) is 0 Å². The number of ether oxygens (including phenoxy) is 1. The lowest BCUT2D eigenvalue weighted by atomic mass is 10.2. The average molecular weight is 235 g/mol. The molecule has 0 unspecified atom stereocenters. The van der Waals surface area contributed by atoms with Crippen LogP contribution in [-0.2, 0) is 4.79 Å². The Balaban J connectivity index is 2.14. The summed E-state index contributed by atoms with van der Waals surface area (Å²) in [6.45, 7) is 1.61. The maximum Gasteiger partial charge on any atom is 0.264 e. The van der Waals surface area contributed by atoms with Gasteiger partial charge in [0.15, 0.2) is 6.61 Å². The van der Waals surface area contributed by atoms with Gasteiger partial charge in [-0.05, 0) is 31.2 Å². The summed E-state index contributed by atoms with van der Waals surface area (Å²) >= 11 is 0. The third-order valence-electron chi connectivity index (χ3n) is 2.76. The van der Waals surface area contributed by atoms with E-state index in [0.29, 0.717) is 6.54 Å². The number of likely N-dealkylation sites (N-methyl/N-ethyl adjacent to an activating group) is 1. The smallest absolute Gasteiger partial charge is 0.264 e. The van der Waals surface area contributed by atoms with Crippen LogP contribution < -0.4 is 20.7 Å². The highest BCUT2D eigenvalue weighted by Gasteiger charge is 2.22. The molecule has 17 heavy (non-hydrogen) atoms. The number of anilines is 2. The van der Waals surface area contributed by atoms with E-state index in [1.54, 1.807) is 11.9 Å². The van der Waals surface area contributed by atoms with Gasteiger partial charge in [0.05, 0.1) is 5.69 Å². The van der Waals surface area contributed by atoms with E-state index >= 15 is 0 Å². The molecule has 5 nitrogen and oxygen atoms in total. The first-order chi connectivity index (χ1) is 8.22. The first-order valence-corrected chi connectivity index (χ1v) is 5.69. The normalized spacial score (nSPS) is 14.2. The first kappa shape index (κ1) is 11.7. The monoisotopic (exact) mass is 235 g/mol. The Bertz CT molecular complexity index is 420. The Hall–Kier alpha value is -1.75. The molecule has 1 amide bonds. The summed E-state index contributed by atoms with van der Waals surface area (Å²) in [4.78, 5) is 13.1. The van der Waals surface area contributed by atoms with E-state index in [1.165, 1.54) is 0 Å². The molecule has 3 N–H and O–H groups in total. The van der Waals surface area contributed by atoms with Gasteiger partial charge in [0.2, 0.25) is 0 Å². The minimum Gasteiger partial charge on any atom is -0.482 e. The third-order valence-corrected chi connectivity index (χ3v) is 2.76. The zero-order valence-electron chi connectivity index (χ0n) is 9.90. The van der Waals surface area contributed by atoms with Crippen molar-refractivity contribution in [2.24, 2.45) is 5.73 Å². The van der Waals surface area contributed by atoms with Gasteiger partial charge in [-0.25, -0.2) is 0 Å².